The molecule has 0 aliphatic heterocycles. The van der Waals surface area contributed by atoms with Crippen LogP contribution in [0.1, 0.15) is 65.0 Å². The number of carbonyl (C=O) groups is 1. The highest BCUT2D eigenvalue weighted by molar-refractivity contribution is 5.82. The van der Waals surface area contributed by atoms with Gasteiger partial charge in [-0.1, -0.05) is 38.5 Å². The highest BCUT2D eigenvalue weighted by atomic mass is 16.1. The summed E-state index contributed by atoms with van der Waals surface area (Å²) in [6.45, 7) is 7.34. The summed E-state index contributed by atoms with van der Waals surface area (Å²) >= 11 is 0. The van der Waals surface area contributed by atoms with Crippen LogP contribution in [0.2, 0.25) is 0 Å². The Hall–Kier alpha value is -1.77. The van der Waals surface area contributed by atoms with Gasteiger partial charge in [-0.2, -0.15) is 0 Å². The lowest BCUT2D eigenvalue weighted by Gasteiger charge is -2.59. The third-order valence-corrected chi connectivity index (χ3v) is 8.71. The zero-order valence-corrected chi connectivity index (χ0v) is 16.7. The lowest BCUT2D eigenvalue weighted by atomic mass is 9.45. The molecule has 0 radical (unpaired) electrons. The first kappa shape index (κ1) is 17.3. The van der Waals surface area contributed by atoms with Gasteiger partial charge in [0.25, 0.3) is 0 Å². The molecule has 142 valence electrons. The van der Waals surface area contributed by atoms with Crippen molar-refractivity contribution >= 4 is 11.4 Å². The van der Waals surface area contributed by atoms with Gasteiger partial charge in [0, 0.05) is 19.0 Å². The minimum Gasteiger partial charge on any atom is -0.299 e. The molecule has 1 unspecified atom stereocenters. The fraction of sp³-hybridized carbons (Fsp3) is 0.625. The molecule has 3 nitrogen and oxygen atoms in total. The second-order valence-corrected chi connectivity index (χ2v) is 9.88. The largest absolute Gasteiger partial charge is 0.299 e. The number of hydrogen-bond donors (Lipinski definition) is 0. The van der Waals surface area contributed by atoms with E-state index in [0.717, 1.165) is 24.5 Å². The molecule has 0 saturated heterocycles. The van der Waals surface area contributed by atoms with Crippen LogP contribution >= 0.6 is 0 Å². The van der Waals surface area contributed by atoms with Crippen LogP contribution in [-0.2, 0) is 4.79 Å². The number of Topliss-reactive ketones (excluding diaryl/α,β-unsaturated/α-hetero) is 1. The third kappa shape index (κ3) is 2.36. The number of nitrogens with zero attached hydrogens (tertiary/aromatic N) is 2. The Balaban J connectivity index is 1.52. The van der Waals surface area contributed by atoms with Crippen molar-refractivity contribution in [1.29, 1.82) is 0 Å². The van der Waals surface area contributed by atoms with Crippen LogP contribution in [0.15, 0.2) is 36.3 Å². The van der Waals surface area contributed by atoms with Crippen LogP contribution in [0.5, 0.6) is 0 Å². The Bertz CT molecular complexity index is 841. The number of aromatic nitrogens is 2. The molecule has 2 saturated carbocycles. The van der Waals surface area contributed by atoms with Gasteiger partial charge >= 0.3 is 0 Å². The second-order valence-electron chi connectivity index (χ2n) is 9.88. The van der Waals surface area contributed by atoms with Gasteiger partial charge in [0.05, 0.1) is 5.69 Å². The zero-order chi connectivity index (χ0) is 18.8. The Labute approximate surface area is 162 Å². The molecule has 5 rings (SSSR count). The molecule has 0 bridgehead atoms. The second kappa shape index (κ2) is 5.86. The van der Waals surface area contributed by atoms with E-state index in [-0.39, 0.29) is 10.8 Å². The Morgan fingerprint density at radius 1 is 1.15 bits per heavy atom. The molecular weight excluding hydrogens is 332 g/mol. The molecule has 4 aliphatic rings. The summed E-state index contributed by atoms with van der Waals surface area (Å²) in [4.78, 5) is 20.8. The Kier molecular flexibility index (Phi) is 3.76. The van der Waals surface area contributed by atoms with Crippen LogP contribution in [0.4, 0.5) is 0 Å². The third-order valence-electron chi connectivity index (χ3n) is 8.71. The van der Waals surface area contributed by atoms with Crippen LogP contribution < -0.4 is 0 Å². The molecule has 0 amide bonds. The minimum absolute atomic E-state index is 0.218. The maximum absolute atomic E-state index is 12.1. The molecule has 4 aliphatic carbocycles. The smallest absolute Gasteiger partial charge is 0.136 e. The summed E-state index contributed by atoms with van der Waals surface area (Å²) in [5.74, 6) is 3.12. The van der Waals surface area contributed by atoms with Gasteiger partial charge in [0.15, 0.2) is 0 Å². The normalized spacial score (nSPS) is 43.3. The zero-order valence-electron chi connectivity index (χ0n) is 16.7. The van der Waals surface area contributed by atoms with Crippen LogP contribution in [0.3, 0.4) is 0 Å². The molecule has 1 aromatic heterocycles. The molecule has 0 spiro atoms. The van der Waals surface area contributed by atoms with E-state index >= 15 is 0 Å². The summed E-state index contributed by atoms with van der Waals surface area (Å²) in [6.07, 6.45) is 14.7. The van der Waals surface area contributed by atoms with Crippen LogP contribution in [0.25, 0.3) is 5.57 Å². The van der Waals surface area contributed by atoms with E-state index in [1.54, 1.807) is 6.33 Å². The van der Waals surface area contributed by atoms with Crippen molar-refractivity contribution in [3.8, 4) is 0 Å². The fourth-order valence-corrected chi connectivity index (χ4v) is 7.25. The molecule has 0 N–H and O–H groups in total. The van der Waals surface area contributed by atoms with Gasteiger partial charge < -0.3 is 0 Å². The average molecular weight is 363 g/mol. The molecule has 3 heteroatoms. The van der Waals surface area contributed by atoms with Crippen LogP contribution in [-0.4, -0.2) is 15.8 Å². The van der Waals surface area contributed by atoms with E-state index in [1.807, 2.05) is 6.20 Å². The van der Waals surface area contributed by atoms with E-state index in [2.05, 4.69) is 49.0 Å². The number of allylic oxidation sites excluding steroid dienone is 4. The predicted molar refractivity (Wildman–Crippen MR) is 107 cm³/mol. The van der Waals surface area contributed by atoms with Crippen molar-refractivity contribution in [1.82, 2.24) is 9.97 Å². The van der Waals surface area contributed by atoms with Crippen molar-refractivity contribution in [2.24, 2.45) is 34.5 Å². The SMILES string of the molecule is CC1C=C2CC(=O)CC[C@]2(C)[C@H]2CC[C@]3(C)C(c4ccncn4)=CC[C@H]3[C@H]12. The highest BCUT2D eigenvalue weighted by Crippen LogP contribution is 2.66. The van der Waals surface area contributed by atoms with Gasteiger partial charge in [-0.25, -0.2) is 9.97 Å². The van der Waals surface area contributed by atoms with E-state index in [1.165, 1.54) is 30.4 Å². The van der Waals surface area contributed by atoms with Gasteiger partial charge in [0.2, 0.25) is 0 Å². The van der Waals surface area contributed by atoms with Gasteiger partial charge in [-0.15, -0.1) is 0 Å². The monoisotopic (exact) mass is 362 g/mol. The molecule has 0 aromatic carbocycles. The summed E-state index contributed by atoms with van der Waals surface area (Å²) in [6, 6.07) is 2.07. The van der Waals surface area contributed by atoms with Crippen molar-refractivity contribution < 1.29 is 4.79 Å². The van der Waals surface area contributed by atoms with Crippen molar-refractivity contribution in [2.75, 3.05) is 0 Å². The van der Waals surface area contributed by atoms with E-state index < -0.39 is 0 Å². The Morgan fingerprint density at radius 3 is 2.78 bits per heavy atom. The predicted octanol–water partition coefficient (Wildman–Crippen LogP) is 5.25. The average Bonchev–Trinajstić information content (AvgIpc) is 3.01. The lowest BCUT2D eigenvalue weighted by molar-refractivity contribution is -0.122. The number of ketones is 1. The fourth-order valence-electron chi connectivity index (χ4n) is 7.25. The molecule has 27 heavy (non-hydrogen) atoms. The topological polar surface area (TPSA) is 42.9 Å². The number of hydrogen-bond acceptors (Lipinski definition) is 3. The highest BCUT2D eigenvalue weighted by Gasteiger charge is 2.58. The standard InChI is InChI=1S/C24H30N2O/c1-15-12-16-13-17(27)6-9-23(16,2)20-7-10-24(3)18(4-5-19(24)22(15)20)21-8-11-25-14-26-21/h4,8,11-12,14-15,19-20,22H,5-7,9-10,13H2,1-3H3/t15?,19-,20-,22-,23-,24+/m0/s1. The van der Waals surface area contributed by atoms with Gasteiger partial charge in [-0.05, 0) is 71.8 Å². The summed E-state index contributed by atoms with van der Waals surface area (Å²) in [5, 5.41) is 0. The molecule has 2 fully saturated rings. The first-order chi connectivity index (χ1) is 12.9. The quantitative estimate of drug-likeness (QED) is 0.641. The lowest BCUT2D eigenvalue weighted by Crippen LogP contribution is -2.51. The maximum Gasteiger partial charge on any atom is 0.136 e. The van der Waals surface area contributed by atoms with Crippen molar-refractivity contribution in [3.63, 3.8) is 0 Å². The minimum atomic E-state index is 0.218. The summed E-state index contributed by atoms with van der Waals surface area (Å²) in [5.41, 5.74) is 4.47. The van der Waals surface area contributed by atoms with E-state index in [9.17, 15) is 4.79 Å². The molecule has 6 atom stereocenters. The van der Waals surface area contributed by atoms with Crippen molar-refractivity contribution in [2.45, 2.75) is 59.3 Å². The number of rotatable bonds is 1. The molecular formula is C24H30N2O. The first-order valence-electron chi connectivity index (χ1n) is 10.6. The maximum atomic E-state index is 12.1. The van der Waals surface area contributed by atoms with Gasteiger partial charge in [0.1, 0.15) is 12.1 Å². The molecule has 1 aromatic rings. The van der Waals surface area contributed by atoms with Gasteiger partial charge in [-0.3, -0.25) is 4.79 Å². The Morgan fingerprint density at radius 2 is 2.00 bits per heavy atom. The van der Waals surface area contributed by atoms with E-state index in [4.69, 9.17) is 0 Å². The number of fused-ring (bicyclic) bond motifs is 5. The van der Waals surface area contributed by atoms with Crippen LogP contribution in [0, 0.1) is 34.5 Å². The molecule has 1 heterocycles. The first-order valence-corrected chi connectivity index (χ1v) is 10.6. The number of carbonyl (C=O) groups excluding carboxylic acids is 1. The van der Waals surface area contributed by atoms with Crippen molar-refractivity contribution in [3.05, 3.63) is 42.0 Å². The summed E-state index contributed by atoms with van der Waals surface area (Å²) in [7, 11) is 0. The van der Waals surface area contributed by atoms with E-state index in [0.29, 0.717) is 30.0 Å². The summed E-state index contributed by atoms with van der Waals surface area (Å²) < 4.78 is 0.